The van der Waals surface area contributed by atoms with E-state index >= 15 is 0 Å². The molecule has 206 valence electrons. The lowest BCUT2D eigenvalue weighted by Crippen LogP contribution is -2.42. The van der Waals surface area contributed by atoms with Crippen molar-refractivity contribution < 1.29 is 17.9 Å². The number of anilines is 1. The summed E-state index contributed by atoms with van der Waals surface area (Å²) in [7, 11) is -1.99. The van der Waals surface area contributed by atoms with E-state index in [1.54, 1.807) is 40.6 Å². The Balaban J connectivity index is 1.61. The highest BCUT2D eigenvalue weighted by Crippen LogP contribution is 2.32. The number of thiazole rings is 1. The number of hydrogen-bond acceptors (Lipinski definition) is 7. The molecule has 0 saturated carbocycles. The van der Waals surface area contributed by atoms with Crippen LogP contribution in [-0.2, 0) is 10.0 Å². The summed E-state index contributed by atoms with van der Waals surface area (Å²) < 4.78 is 34.5. The predicted molar refractivity (Wildman–Crippen MR) is 154 cm³/mol. The van der Waals surface area contributed by atoms with E-state index in [0.29, 0.717) is 48.7 Å². The molecule has 2 aromatic carbocycles. The number of methoxy groups -OCH3 is 1. The number of fused-ring (bicyclic) bond motifs is 1. The molecule has 2 atom stereocenters. The van der Waals surface area contributed by atoms with Gasteiger partial charge in [-0.2, -0.15) is 4.31 Å². The normalized spacial score (nSPS) is 18.7. The Morgan fingerprint density at radius 3 is 2.32 bits per heavy atom. The molecule has 10 heteroatoms. The van der Waals surface area contributed by atoms with E-state index in [4.69, 9.17) is 9.72 Å². The zero-order chi connectivity index (χ0) is 27.4. The molecule has 2 heterocycles. The minimum Gasteiger partial charge on any atom is -0.497 e. The standard InChI is InChI=1S/C28H38N4O4S2/c1-6-30(7-2)14-15-32(28-29-25-13-10-23(36-5)17-26(25)37-28)27(33)22-8-11-24(12-9-22)38(34,35)31-18-20(3)16-21(4)19-31/h8-13,17,20-21H,6-7,14-16,18-19H2,1-5H3/t20-,21-/m0/s1. The summed E-state index contributed by atoms with van der Waals surface area (Å²) in [6, 6.07) is 12.0. The van der Waals surface area contributed by atoms with Crippen molar-refractivity contribution in [3.63, 3.8) is 0 Å². The molecule has 0 aliphatic carbocycles. The minimum atomic E-state index is -3.62. The molecule has 0 bridgehead atoms. The van der Waals surface area contributed by atoms with Crippen molar-refractivity contribution >= 4 is 42.6 Å². The number of benzene rings is 2. The summed E-state index contributed by atoms with van der Waals surface area (Å²) in [5.41, 5.74) is 1.23. The van der Waals surface area contributed by atoms with E-state index in [1.165, 1.54) is 11.3 Å². The molecule has 1 saturated heterocycles. The Hall–Kier alpha value is -2.53. The van der Waals surface area contributed by atoms with Crippen LogP contribution in [0, 0.1) is 11.8 Å². The largest absolute Gasteiger partial charge is 0.497 e. The van der Waals surface area contributed by atoms with Gasteiger partial charge in [-0.05, 0) is 73.8 Å². The van der Waals surface area contributed by atoms with E-state index in [2.05, 4.69) is 32.6 Å². The van der Waals surface area contributed by atoms with Gasteiger partial charge < -0.3 is 9.64 Å². The van der Waals surface area contributed by atoms with Gasteiger partial charge in [-0.15, -0.1) is 0 Å². The molecule has 0 radical (unpaired) electrons. The second-order valence-corrected chi connectivity index (χ2v) is 13.1. The monoisotopic (exact) mass is 558 g/mol. The van der Waals surface area contributed by atoms with E-state index in [9.17, 15) is 13.2 Å². The fraction of sp³-hybridized carbons (Fsp3) is 0.500. The van der Waals surface area contributed by atoms with Crippen LogP contribution in [0.1, 0.15) is 44.5 Å². The maximum Gasteiger partial charge on any atom is 0.260 e. The van der Waals surface area contributed by atoms with Crippen molar-refractivity contribution in [3.05, 3.63) is 48.0 Å². The molecule has 1 aliphatic rings. The highest BCUT2D eigenvalue weighted by atomic mass is 32.2. The van der Waals surface area contributed by atoms with Gasteiger partial charge in [0, 0.05) is 31.7 Å². The van der Waals surface area contributed by atoms with E-state index in [1.807, 2.05) is 18.2 Å². The predicted octanol–water partition coefficient (Wildman–Crippen LogP) is 4.96. The molecular formula is C28H38N4O4S2. The summed E-state index contributed by atoms with van der Waals surface area (Å²) in [5.74, 6) is 1.18. The van der Waals surface area contributed by atoms with Crippen LogP contribution in [0.2, 0.25) is 0 Å². The Morgan fingerprint density at radius 2 is 1.71 bits per heavy atom. The highest BCUT2D eigenvalue weighted by molar-refractivity contribution is 7.89. The van der Waals surface area contributed by atoms with Crippen molar-refractivity contribution in [2.75, 3.05) is 51.3 Å². The van der Waals surface area contributed by atoms with Gasteiger partial charge in [0.15, 0.2) is 5.13 Å². The Labute approximate surface area is 230 Å². The van der Waals surface area contributed by atoms with Crippen LogP contribution in [0.25, 0.3) is 10.2 Å². The third-order valence-corrected chi connectivity index (χ3v) is 10.1. The van der Waals surface area contributed by atoms with Crippen LogP contribution >= 0.6 is 11.3 Å². The molecule has 1 fully saturated rings. The van der Waals surface area contributed by atoms with Crippen LogP contribution in [0.4, 0.5) is 5.13 Å². The minimum absolute atomic E-state index is 0.202. The van der Waals surface area contributed by atoms with Gasteiger partial charge in [0.2, 0.25) is 10.0 Å². The summed E-state index contributed by atoms with van der Waals surface area (Å²) in [4.78, 5) is 22.7. The van der Waals surface area contributed by atoms with Crippen LogP contribution in [0.5, 0.6) is 5.75 Å². The molecule has 8 nitrogen and oxygen atoms in total. The van der Waals surface area contributed by atoms with Gasteiger partial charge in [0.1, 0.15) is 5.75 Å². The fourth-order valence-electron chi connectivity index (χ4n) is 5.08. The number of piperidine rings is 1. The second-order valence-electron chi connectivity index (χ2n) is 10.1. The average Bonchev–Trinajstić information content (AvgIpc) is 3.33. The first-order valence-electron chi connectivity index (χ1n) is 13.2. The summed E-state index contributed by atoms with van der Waals surface area (Å²) in [6.45, 7) is 12.4. The van der Waals surface area contributed by atoms with Crippen LogP contribution < -0.4 is 9.64 Å². The van der Waals surface area contributed by atoms with Gasteiger partial charge in [-0.3, -0.25) is 9.69 Å². The van der Waals surface area contributed by atoms with Gasteiger partial charge in [-0.1, -0.05) is 39.0 Å². The number of carbonyl (C=O) groups is 1. The number of nitrogens with zero attached hydrogens (tertiary/aromatic N) is 4. The number of carbonyl (C=O) groups excluding carboxylic acids is 1. The van der Waals surface area contributed by atoms with Crippen molar-refractivity contribution in [3.8, 4) is 5.75 Å². The van der Waals surface area contributed by atoms with Gasteiger partial charge in [0.05, 0.1) is 22.2 Å². The molecule has 1 aromatic heterocycles. The summed E-state index contributed by atoms with van der Waals surface area (Å²) in [6.07, 6.45) is 1.03. The molecule has 4 rings (SSSR count). The maximum atomic E-state index is 13.8. The molecule has 0 spiro atoms. The molecule has 38 heavy (non-hydrogen) atoms. The van der Waals surface area contributed by atoms with Gasteiger partial charge in [-0.25, -0.2) is 13.4 Å². The van der Waals surface area contributed by atoms with Gasteiger partial charge >= 0.3 is 0 Å². The number of amides is 1. The third kappa shape index (κ3) is 6.20. The summed E-state index contributed by atoms with van der Waals surface area (Å²) in [5, 5.41) is 0.610. The van der Waals surface area contributed by atoms with Crippen molar-refractivity contribution in [1.29, 1.82) is 0 Å². The van der Waals surface area contributed by atoms with E-state index < -0.39 is 10.0 Å². The Morgan fingerprint density at radius 1 is 1.05 bits per heavy atom. The summed E-state index contributed by atoms with van der Waals surface area (Å²) >= 11 is 1.44. The second kappa shape index (κ2) is 12.1. The number of sulfonamides is 1. The Bertz CT molecular complexity index is 1340. The van der Waals surface area contributed by atoms with Crippen molar-refractivity contribution in [1.82, 2.24) is 14.2 Å². The van der Waals surface area contributed by atoms with Crippen LogP contribution in [0.3, 0.4) is 0 Å². The Kier molecular flexibility index (Phi) is 9.07. The number of aromatic nitrogens is 1. The maximum absolute atomic E-state index is 13.8. The zero-order valence-electron chi connectivity index (χ0n) is 22.9. The molecule has 0 unspecified atom stereocenters. The third-order valence-electron chi connectivity index (χ3n) is 7.17. The lowest BCUT2D eigenvalue weighted by Gasteiger charge is -2.34. The van der Waals surface area contributed by atoms with E-state index in [-0.39, 0.29) is 10.8 Å². The van der Waals surface area contributed by atoms with Crippen molar-refractivity contribution in [2.45, 2.75) is 39.0 Å². The zero-order valence-corrected chi connectivity index (χ0v) is 24.5. The lowest BCUT2D eigenvalue weighted by molar-refractivity contribution is 0.0983. The first-order chi connectivity index (χ1) is 18.2. The highest BCUT2D eigenvalue weighted by Gasteiger charge is 2.32. The van der Waals surface area contributed by atoms with Crippen LogP contribution in [-0.4, -0.2) is 74.9 Å². The number of ether oxygens (including phenoxy) is 1. The van der Waals surface area contributed by atoms with E-state index in [0.717, 1.165) is 35.5 Å². The molecular weight excluding hydrogens is 520 g/mol. The van der Waals surface area contributed by atoms with Crippen LogP contribution in [0.15, 0.2) is 47.4 Å². The molecule has 1 aliphatic heterocycles. The smallest absolute Gasteiger partial charge is 0.260 e. The average molecular weight is 559 g/mol. The number of hydrogen-bond donors (Lipinski definition) is 0. The number of rotatable bonds is 10. The van der Waals surface area contributed by atoms with Crippen molar-refractivity contribution in [2.24, 2.45) is 11.8 Å². The molecule has 1 amide bonds. The molecule has 3 aromatic rings. The topological polar surface area (TPSA) is 83.1 Å². The lowest BCUT2D eigenvalue weighted by atomic mass is 9.94. The molecule has 0 N–H and O–H groups in total. The quantitative estimate of drug-likeness (QED) is 0.350. The van der Waals surface area contributed by atoms with Gasteiger partial charge in [0.25, 0.3) is 5.91 Å². The number of likely N-dealkylation sites (N-methyl/N-ethyl adjacent to an activating group) is 1. The SMILES string of the molecule is CCN(CC)CCN(C(=O)c1ccc(S(=O)(=O)N2C[C@@H](C)C[C@H](C)C2)cc1)c1nc2ccc(OC)cc2s1. The first-order valence-corrected chi connectivity index (χ1v) is 15.5. The first kappa shape index (κ1) is 28.5. The fourth-order valence-corrected chi connectivity index (χ4v) is 7.77.